The third-order valence-corrected chi connectivity index (χ3v) is 12.9. The summed E-state index contributed by atoms with van der Waals surface area (Å²) >= 11 is 0. The number of hydrogen-bond acceptors (Lipinski definition) is 3. The third-order valence-electron chi connectivity index (χ3n) is 12.9. The Bertz CT molecular complexity index is 799. The Morgan fingerprint density at radius 3 is 0.810 bits per heavy atom. The second-order valence-electron chi connectivity index (χ2n) is 18.9. The van der Waals surface area contributed by atoms with Gasteiger partial charge in [-0.3, -0.25) is 9.59 Å². The molecule has 0 aromatic rings. The topological polar surface area (TPSA) is 66.4 Å². The van der Waals surface area contributed by atoms with Gasteiger partial charge in [0.05, 0.1) is 12.6 Å². The number of nitrogens with one attached hydrogen (secondary N) is 1. The van der Waals surface area contributed by atoms with Gasteiger partial charge in [0.15, 0.2) is 0 Å². The molecule has 2 N–H and O–H groups in total. The molecule has 0 fully saturated rings. The second kappa shape index (κ2) is 50.5. The standard InChI is InChI=1S/C54H107NO3/c1-3-5-7-9-11-13-15-17-19-20-21-24-28-32-36-40-44-48-53(57)49-45-41-37-33-29-25-22-26-30-34-38-42-46-50-54(58)55-52(51-56)47-43-39-35-31-27-23-18-16-14-12-10-8-6-4-2/h52,56H,3-51H2,1-2H3,(H,55,58)/t52-/m1/s1. The average Bonchev–Trinajstić information content (AvgIpc) is 3.22. The van der Waals surface area contributed by atoms with E-state index in [1.54, 1.807) is 0 Å². The van der Waals surface area contributed by atoms with E-state index in [2.05, 4.69) is 19.2 Å². The molecule has 346 valence electrons. The summed E-state index contributed by atoms with van der Waals surface area (Å²) in [5.74, 6) is 0.627. The molecule has 0 unspecified atom stereocenters. The maximum Gasteiger partial charge on any atom is 0.220 e. The normalized spacial score (nSPS) is 12.1. The van der Waals surface area contributed by atoms with E-state index < -0.39 is 0 Å². The van der Waals surface area contributed by atoms with Crippen LogP contribution in [0.5, 0.6) is 0 Å². The first-order chi connectivity index (χ1) is 28.6. The van der Waals surface area contributed by atoms with Crippen LogP contribution >= 0.6 is 0 Å². The minimum absolute atomic E-state index is 0.0604. The van der Waals surface area contributed by atoms with Gasteiger partial charge in [0.1, 0.15) is 5.78 Å². The zero-order chi connectivity index (χ0) is 42.1. The number of aliphatic hydroxyl groups excluding tert-OH is 1. The van der Waals surface area contributed by atoms with Crippen molar-refractivity contribution in [2.45, 2.75) is 328 Å². The van der Waals surface area contributed by atoms with E-state index in [0.29, 0.717) is 12.2 Å². The van der Waals surface area contributed by atoms with Crippen LogP contribution in [0.4, 0.5) is 0 Å². The Balaban J connectivity index is 3.35. The Morgan fingerprint density at radius 1 is 0.328 bits per heavy atom. The summed E-state index contributed by atoms with van der Waals surface area (Å²) in [7, 11) is 0. The molecule has 0 rings (SSSR count). The van der Waals surface area contributed by atoms with Crippen LogP contribution in [0, 0.1) is 0 Å². The van der Waals surface area contributed by atoms with Gasteiger partial charge in [-0.2, -0.15) is 0 Å². The van der Waals surface area contributed by atoms with Crippen LogP contribution < -0.4 is 5.32 Å². The fourth-order valence-corrected chi connectivity index (χ4v) is 8.82. The number of amides is 1. The SMILES string of the molecule is CCCCCCCCCCCCCCCCCCCC(=O)CCCCCCCCCCCCCCCC(=O)N[C@@H](CO)CCCCCCCCCCCCCCCC. The summed E-state index contributed by atoms with van der Waals surface area (Å²) in [6.07, 6.45) is 61.9. The number of carbonyl (C=O) groups excluding carboxylic acids is 2. The van der Waals surface area contributed by atoms with Gasteiger partial charge < -0.3 is 10.4 Å². The molecular formula is C54H107NO3. The molecule has 0 radical (unpaired) electrons. The lowest BCUT2D eigenvalue weighted by atomic mass is 10.0. The molecule has 1 atom stereocenters. The summed E-state index contributed by atoms with van der Waals surface area (Å²) in [5, 5.41) is 12.8. The van der Waals surface area contributed by atoms with E-state index in [4.69, 9.17) is 0 Å². The van der Waals surface area contributed by atoms with Crippen LogP contribution in [0.1, 0.15) is 322 Å². The fraction of sp³-hybridized carbons (Fsp3) is 0.963. The summed E-state index contributed by atoms with van der Waals surface area (Å²) < 4.78 is 0. The first-order valence-corrected chi connectivity index (χ1v) is 27.1. The molecule has 58 heavy (non-hydrogen) atoms. The highest BCUT2D eigenvalue weighted by molar-refractivity contribution is 5.78. The van der Waals surface area contributed by atoms with Crippen molar-refractivity contribution < 1.29 is 14.7 Å². The van der Waals surface area contributed by atoms with Crippen LogP contribution in [0.25, 0.3) is 0 Å². The minimum Gasteiger partial charge on any atom is -0.394 e. The van der Waals surface area contributed by atoms with Gasteiger partial charge >= 0.3 is 0 Å². The van der Waals surface area contributed by atoms with E-state index >= 15 is 0 Å². The smallest absolute Gasteiger partial charge is 0.220 e. The van der Waals surface area contributed by atoms with Crippen LogP contribution in [0.15, 0.2) is 0 Å². The molecule has 0 bridgehead atoms. The molecule has 0 saturated heterocycles. The lowest BCUT2D eigenvalue weighted by Crippen LogP contribution is -2.37. The number of aliphatic hydroxyl groups is 1. The Kier molecular flexibility index (Phi) is 49.7. The van der Waals surface area contributed by atoms with Crippen molar-refractivity contribution >= 4 is 11.7 Å². The van der Waals surface area contributed by atoms with Crippen molar-refractivity contribution in [3.63, 3.8) is 0 Å². The average molecular weight is 818 g/mol. The van der Waals surface area contributed by atoms with Gasteiger partial charge in [-0.25, -0.2) is 0 Å². The predicted octanol–water partition coefficient (Wildman–Crippen LogP) is 17.8. The molecule has 0 saturated carbocycles. The van der Waals surface area contributed by atoms with Gasteiger partial charge in [0.25, 0.3) is 0 Å². The Hall–Kier alpha value is -0.900. The molecule has 4 heteroatoms. The van der Waals surface area contributed by atoms with Gasteiger partial charge in [-0.05, 0) is 25.7 Å². The Morgan fingerprint density at radius 2 is 0.552 bits per heavy atom. The van der Waals surface area contributed by atoms with E-state index in [9.17, 15) is 14.7 Å². The van der Waals surface area contributed by atoms with Crippen LogP contribution in [-0.4, -0.2) is 29.4 Å². The number of Topliss-reactive ketones (excluding diaryl/α,β-unsaturated/α-hetero) is 1. The first-order valence-electron chi connectivity index (χ1n) is 27.1. The summed E-state index contributed by atoms with van der Waals surface area (Å²) in [5.41, 5.74) is 0. The van der Waals surface area contributed by atoms with Gasteiger partial charge in [0.2, 0.25) is 5.91 Å². The molecule has 0 heterocycles. The third kappa shape index (κ3) is 47.8. The Labute approximate surface area is 365 Å². The summed E-state index contributed by atoms with van der Waals surface area (Å²) in [6.45, 7) is 4.64. The van der Waals surface area contributed by atoms with Crippen molar-refractivity contribution in [2.24, 2.45) is 0 Å². The zero-order valence-electron chi connectivity index (χ0n) is 40.0. The van der Waals surface area contributed by atoms with E-state index in [-0.39, 0.29) is 18.6 Å². The highest BCUT2D eigenvalue weighted by Crippen LogP contribution is 2.18. The molecule has 4 nitrogen and oxygen atoms in total. The number of rotatable bonds is 51. The van der Waals surface area contributed by atoms with Gasteiger partial charge in [-0.1, -0.05) is 277 Å². The van der Waals surface area contributed by atoms with Crippen molar-refractivity contribution in [1.82, 2.24) is 5.32 Å². The number of ketones is 1. The first kappa shape index (κ1) is 57.1. The minimum atomic E-state index is -0.0674. The van der Waals surface area contributed by atoms with Gasteiger partial charge in [-0.15, -0.1) is 0 Å². The quantitative estimate of drug-likeness (QED) is 0.0601. The van der Waals surface area contributed by atoms with Crippen LogP contribution in [0.3, 0.4) is 0 Å². The van der Waals surface area contributed by atoms with Gasteiger partial charge in [0, 0.05) is 19.3 Å². The maximum absolute atomic E-state index is 12.4. The molecule has 0 aliphatic rings. The second-order valence-corrected chi connectivity index (χ2v) is 18.9. The molecule has 0 spiro atoms. The lowest BCUT2D eigenvalue weighted by molar-refractivity contribution is -0.122. The number of unbranched alkanes of at least 4 members (excludes halogenated alkanes) is 41. The highest BCUT2D eigenvalue weighted by Gasteiger charge is 2.11. The molecule has 0 aliphatic carbocycles. The molecule has 1 amide bonds. The lowest BCUT2D eigenvalue weighted by Gasteiger charge is -2.16. The van der Waals surface area contributed by atoms with Crippen molar-refractivity contribution in [2.75, 3.05) is 6.61 Å². The summed E-state index contributed by atoms with van der Waals surface area (Å²) in [4.78, 5) is 24.7. The monoisotopic (exact) mass is 818 g/mol. The van der Waals surface area contributed by atoms with Crippen molar-refractivity contribution in [3.8, 4) is 0 Å². The largest absolute Gasteiger partial charge is 0.394 e. The van der Waals surface area contributed by atoms with E-state index in [1.165, 1.54) is 250 Å². The van der Waals surface area contributed by atoms with Crippen LogP contribution in [0.2, 0.25) is 0 Å². The van der Waals surface area contributed by atoms with Crippen molar-refractivity contribution in [3.05, 3.63) is 0 Å². The molecular weight excluding hydrogens is 711 g/mol. The summed E-state index contributed by atoms with van der Waals surface area (Å²) in [6, 6.07) is -0.0674. The van der Waals surface area contributed by atoms with Crippen molar-refractivity contribution in [1.29, 1.82) is 0 Å². The molecule has 0 aromatic heterocycles. The molecule has 0 aliphatic heterocycles. The fourth-order valence-electron chi connectivity index (χ4n) is 8.82. The number of carbonyl (C=O) groups is 2. The number of hydrogen-bond donors (Lipinski definition) is 2. The zero-order valence-corrected chi connectivity index (χ0v) is 40.0. The van der Waals surface area contributed by atoms with E-state index in [0.717, 1.165) is 51.4 Å². The molecule has 0 aromatic carbocycles. The predicted molar refractivity (Wildman–Crippen MR) is 257 cm³/mol. The highest BCUT2D eigenvalue weighted by atomic mass is 16.3. The van der Waals surface area contributed by atoms with E-state index in [1.807, 2.05) is 0 Å². The maximum atomic E-state index is 12.4. The van der Waals surface area contributed by atoms with Crippen LogP contribution in [-0.2, 0) is 9.59 Å².